The number of aliphatic hydroxyl groups is 1. The van der Waals surface area contributed by atoms with Crippen molar-refractivity contribution in [3.05, 3.63) is 36.5 Å². The SMILES string of the molecule is OC(Cc1nccs1)c1csc(I)c1. The Labute approximate surface area is 104 Å². The van der Waals surface area contributed by atoms with Crippen molar-refractivity contribution >= 4 is 45.3 Å². The molecule has 2 aromatic heterocycles. The Morgan fingerprint density at radius 1 is 1.50 bits per heavy atom. The fraction of sp³-hybridized carbons (Fsp3) is 0.222. The first kappa shape index (κ1) is 10.5. The summed E-state index contributed by atoms with van der Waals surface area (Å²) in [6, 6.07) is 2.02. The van der Waals surface area contributed by atoms with Crippen molar-refractivity contribution in [3.8, 4) is 0 Å². The predicted octanol–water partition coefficient (Wildman–Crippen LogP) is 3.09. The molecular weight excluding hydrogens is 329 g/mol. The molecule has 2 heterocycles. The fourth-order valence-corrected chi connectivity index (χ4v) is 3.21. The molecule has 14 heavy (non-hydrogen) atoms. The van der Waals surface area contributed by atoms with Crippen LogP contribution in [0, 0.1) is 2.88 Å². The lowest BCUT2D eigenvalue weighted by Crippen LogP contribution is -1.99. The third-order valence-corrected chi connectivity index (χ3v) is 4.43. The zero-order valence-electron chi connectivity index (χ0n) is 7.18. The molecule has 5 heteroatoms. The van der Waals surface area contributed by atoms with Crippen LogP contribution in [0.1, 0.15) is 16.7 Å². The zero-order valence-corrected chi connectivity index (χ0v) is 11.0. The van der Waals surface area contributed by atoms with Crippen LogP contribution in [0.25, 0.3) is 0 Å². The Hall–Kier alpha value is 0.0200. The number of nitrogens with zero attached hydrogens (tertiary/aromatic N) is 1. The van der Waals surface area contributed by atoms with E-state index in [-0.39, 0.29) is 0 Å². The molecule has 1 atom stereocenters. The highest BCUT2D eigenvalue weighted by atomic mass is 127. The first-order chi connectivity index (χ1) is 6.75. The van der Waals surface area contributed by atoms with Gasteiger partial charge >= 0.3 is 0 Å². The third-order valence-electron chi connectivity index (χ3n) is 1.82. The minimum atomic E-state index is -0.416. The number of thiazole rings is 1. The van der Waals surface area contributed by atoms with Crippen LogP contribution in [0.2, 0.25) is 0 Å². The van der Waals surface area contributed by atoms with Crippen molar-refractivity contribution in [1.29, 1.82) is 0 Å². The minimum Gasteiger partial charge on any atom is -0.388 e. The number of hydrogen-bond acceptors (Lipinski definition) is 4. The zero-order chi connectivity index (χ0) is 9.97. The second-order valence-corrected chi connectivity index (χ2v) is 6.61. The van der Waals surface area contributed by atoms with Gasteiger partial charge in [0.1, 0.15) is 0 Å². The number of halogens is 1. The quantitative estimate of drug-likeness (QED) is 0.874. The average molecular weight is 337 g/mol. The maximum atomic E-state index is 9.88. The van der Waals surface area contributed by atoms with Crippen LogP contribution in [0.15, 0.2) is 23.0 Å². The average Bonchev–Trinajstić information content (AvgIpc) is 2.75. The molecule has 2 nitrogen and oxygen atoms in total. The topological polar surface area (TPSA) is 33.1 Å². The molecule has 0 fully saturated rings. The molecule has 0 aliphatic heterocycles. The van der Waals surface area contributed by atoms with Crippen molar-refractivity contribution in [1.82, 2.24) is 4.98 Å². The van der Waals surface area contributed by atoms with Crippen molar-refractivity contribution in [2.75, 3.05) is 0 Å². The second kappa shape index (κ2) is 4.69. The molecule has 0 amide bonds. The van der Waals surface area contributed by atoms with E-state index < -0.39 is 6.10 Å². The first-order valence-electron chi connectivity index (χ1n) is 4.06. The molecule has 0 radical (unpaired) electrons. The highest BCUT2D eigenvalue weighted by Crippen LogP contribution is 2.25. The number of hydrogen-bond donors (Lipinski definition) is 1. The lowest BCUT2D eigenvalue weighted by atomic mass is 10.1. The van der Waals surface area contributed by atoms with E-state index in [4.69, 9.17) is 0 Å². The van der Waals surface area contributed by atoms with E-state index in [1.165, 1.54) is 2.88 Å². The van der Waals surface area contributed by atoms with Crippen LogP contribution < -0.4 is 0 Å². The van der Waals surface area contributed by atoms with Crippen molar-refractivity contribution in [3.63, 3.8) is 0 Å². The summed E-state index contributed by atoms with van der Waals surface area (Å²) in [6.07, 6.45) is 1.97. The number of aliphatic hydroxyl groups excluding tert-OH is 1. The van der Waals surface area contributed by atoms with Gasteiger partial charge in [0.25, 0.3) is 0 Å². The van der Waals surface area contributed by atoms with E-state index in [1.807, 2.05) is 16.8 Å². The van der Waals surface area contributed by atoms with Crippen LogP contribution in [-0.4, -0.2) is 10.1 Å². The largest absolute Gasteiger partial charge is 0.388 e. The molecule has 1 unspecified atom stereocenters. The summed E-state index contributed by atoms with van der Waals surface area (Å²) in [4.78, 5) is 4.15. The molecule has 0 saturated carbocycles. The van der Waals surface area contributed by atoms with Gasteiger partial charge in [-0.2, -0.15) is 0 Å². The highest BCUT2D eigenvalue weighted by molar-refractivity contribution is 14.1. The van der Waals surface area contributed by atoms with E-state index in [9.17, 15) is 5.11 Å². The highest BCUT2D eigenvalue weighted by Gasteiger charge is 2.11. The monoisotopic (exact) mass is 337 g/mol. The van der Waals surface area contributed by atoms with E-state index >= 15 is 0 Å². The van der Waals surface area contributed by atoms with Crippen molar-refractivity contribution in [2.45, 2.75) is 12.5 Å². The summed E-state index contributed by atoms with van der Waals surface area (Å²) >= 11 is 5.50. The molecule has 0 aliphatic carbocycles. The summed E-state index contributed by atoms with van der Waals surface area (Å²) < 4.78 is 1.20. The summed E-state index contributed by atoms with van der Waals surface area (Å²) in [5.74, 6) is 0. The molecular formula is C9H8INOS2. The Balaban J connectivity index is 2.06. The predicted molar refractivity (Wildman–Crippen MR) is 67.8 cm³/mol. The van der Waals surface area contributed by atoms with Crippen LogP contribution in [0.5, 0.6) is 0 Å². The van der Waals surface area contributed by atoms with E-state index in [2.05, 4.69) is 27.6 Å². The molecule has 0 aliphatic rings. The molecule has 0 aromatic carbocycles. The van der Waals surface area contributed by atoms with Gasteiger partial charge in [0, 0.05) is 18.0 Å². The number of aromatic nitrogens is 1. The number of rotatable bonds is 3. The molecule has 2 aromatic rings. The van der Waals surface area contributed by atoms with E-state index in [0.29, 0.717) is 6.42 Å². The van der Waals surface area contributed by atoms with Crippen LogP contribution in [0.3, 0.4) is 0 Å². The van der Waals surface area contributed by atoms with Gasteiger partial charge in [0.15, 0.2) is 0 Å². The number of thiophene rings is 1. The van der Waals surface area contributed by atoms with Gasteiger partial charge < -0.3 is 5.11 Å². The lowest BCUT2D eigenvalue weighted by Gasteiger charge is -2.05. The standard InChI is InChI=1S/C9H8INOS2/c10-8-3-6(5-14-8)7(12)4-9-11-1-2-13-9/h1-3,5,7,12H,4H2. The Morgan fingerprint density at radius 3 is 2.93 bits per heavy atom. The second-order valence-electron chi connectivity index (χ2n) is 2.83. The first-order valence-corrected chi connectivity index (χ1v) is 6.90. The third kappa shape index (κ3) is 2.53. The minimum absolute atomic E-state index is 0.416. The fourth-order valence-electron chi connectivity index (χ4n) is 1.14. The maximum absolute atomic E-state index is 9.88. The molecule has 0 bridgehead atoms. The Bertz CT molecular complexity index is 399. The van der Waals surface area contributed by atoms with E-state index in [0.717, 1.165) is 10.6 Å². The van der Waals surface area contributed by atoms with Gasteiger partial charge in [-0.15, -0.1) is 22.7 Å². The summed E-state index contributed by atoms with van der Waals surface area (Å²) in [7, 11) is 0. The van der Waals surface area contributed by atoms with Gasteiger partial charge in [-0.25, -0.2) is 4.98 Å². The van der Waals surface area contributed by atoms with E-state index in [1.54, 1.807) is 28.9 Å². The van der Waals surface area contributed by atoms with Gasteiger partial charge in [-0.3, -0.25) is 0 Å². The smallest absolute Gasteiger partial charge is 0.0954 e. The van der Waals surface area contributed by atoms with Crippen molar-refractivity contribution < 1.29 is 5.11 Å². The normalized spacial score (nSPS) is 13.0. The molecule has 1 N–H and O–H groups in total. The molecule has 2 rings (SSSR count). The summed E-state index contributed by atoms with van der Waals surface area (Å²) in [5, 5.41) is 14.8. The van der Waals surface area contributed by atoms with Gasteiger partial charge in [-0.1, -0.05) is 0 Å². The maximum Gasteiger partial charge on any atom is 0.0954 e. The van der Waals surface area contributed by atoms with Crippen molar-refractivity contribution in [2.24, 2.45) is 0 Å². The lowest BCUT2D eigenvalue weighted by molar-refractivity contribution is 0.179. The summed E-state index contributed by atoms with van der Waals surface area (Å²) in [5.41, 5.74) is 0.995. The summed E-state index contributed by atoms with van der Waals surface area (Å²) in [6.45, 7) is 0. The molecule has 0 spiro atoms. The molecule has 74 valence electrons. The Kier molecular flexibility index (Phi) is 3.53. The van der Waals surface area contributed by atoms with Crippen LogP contribution in [-0.2, 0) is 6.42 Å². The van der Waals surface area contributed by atoms with Gasteiger partial charge in [0.2, 0.25) is 0 Å². The van der Waals surface area contributed by atoms with Gasteiger partial charge in [-0.05, 0) is 39.6 Å². The van der Waals surface area contributed by atoms with Gasteiger partial charge in [0.05, 0.1) is 14.0 Å². The Morgan fingerprint density at radius 2 is 2.36 bits per heavy atom. The van der Waals surface area contributed by atoms with Crippen LogP contribution in [0.4, 0.5) is 0 Å². The molecule has 0 saturated heterocycles. The van der Waals surface area contributed by atoms with Crippen LogP contribution >= 0.6 is 45.3 Å².